The molecule has 2 aromatic carbocycles. The summed E-state index contributed by atoms with van der Waals surface area (Å²) in [6.45, 7) is 32.2. The summed E-state index contributed by atoms with van der Waals surface area (Å²) in [6, 6.07) is 9.36. The number of hydrogen-bond donors (Lipinski definition) is 0. The summed E-state index contributed by atoms with van der Waals surface area (Å²) in [5, 5.41) is 0. The van der Waals surface area contributed by atoms with Crippen molar-refractivity contribution in [1.82, 2.24) is 0 Å². The molecule has 6 heteroatoms. The van der Waals surface area contributed by atoms with Crippen molar-refractivity contribution in [1.29, 1.82) is 0 Å². The SMILES string of the molecule is CC(C)(C)c1cc(-c2cc(C(C)(C)C)c(OCCOCC3CO3)c(C(C)(C)C)c2)cc(C(C)(C)C)c1OCCOCC1CO1. The van der Waals surface area contributed by atoms with Crippen molar-refractivity contribution in [2.24, 2.45) is 0 Å². The van der Waals surface area contributed by atoms with Crippen LogP contribution in [-0.2, 0) is 40.6 Å². The van der Waals surface area contributed by atoms with Crippen LogP contribution in [0, 0.1) is 0 Å². The molecule has 2 atom stereocenters. The van der Waals surface area contributed by atoms with Gasteiger partial charge in [0, 0.05) is 22.3 Å². The molecule has 4 rings (SSSR count). The molecule has 0 bridgehead atoms. The highest BCUT2D eigenvalue weighted by Crippen LogP contribution is 2.46. The van der Waals surface area contributed by atoms with Crippen LogP contribution in [0.25, 0.3) is 11.1 Å². The fourth-order valence-corrected chi connectivity index (χ4v) is 5.29. The van der Waals surface area contributed by atoms with Gasteiger partial charge in [-0.05, 0) is 57.1 Å². The molecule has 2 unspecified atom stereocenters. The summed E-state index contributed by atoms with van der Waals surface area (Å²) in [5.74, 6) is 1.95. The van der Waals surface area contributed by atoms with Crippen molar-refractivity contribution >= 4 is 0 Å². The van der Waals surface area contributed by atoms with E-state index in [1.807, 2.05) is 0 Å². The fourth-order valence-electron chi connectivity index (χ4n) is 5.29. The first kappa shape index (κ1) is 34.7. The Hall–Kier alpha value is -2.12. The third-order valence-electron chi connectivity index (χ3n) is 8.10. The number of rotatable bonds is 13. The van der Waals surface area contributed by atoms with E-state index < -0.39 is 0 Å². The summed E-state index contributed by atoms with van der Waals surface area (Å²) in [7, 11) is 0. The van der Waals surface area contributed by atoms with Gasteiger partial charge in [-0.1, -0.05) is 83.1 Å². The van der Waals surface area contributed by atoms with Gasteiger partial charge in [-0.2, -0.15) is 0 Å². The molecule has 2 aromatic rings. The van der Waals surface area contributed by atoms with Crippen LogP contribution in [0.4, 0.5) is 0 Å². The second kappa shape index (κ2) is 13.3. The minimum absolute atomic E-state index is 0.123. The van der Waals surface area contributed by atoms with E-state index in [0.29, 0.717) is 39.6 Å². The third kappa shape index (κ3) is 9.45. The molecule has 0 radical (unpaired) electrons. The standard InChI is InChI=1S/C38H58O6/c1-35(2,3)29-17-25(18-30(36(4,5)6)33(29)41-15-13-39-21-27-23-43-27)26-19-31(37(7,8)9)34(32(20-26)38(10,11)12)42-16-14-40-22-28-24-44-28/h17-20,27-28H,13-16,21-24H2,1-12H3. The molecular formula is C38H58O6. The highest BCUT2D eigenvalue weighted by atomic mass is 16.6. The molecule has 0 spiro atoms. The van der Waals surface area contributed by atoms with Gasteiger partial charge in [-0.25, -0.2) is 0 Å². The molecule has 0 N–H and O–H groups in total. The molecule has 44 heavy (non-hydrogen) atoms. The van der Waals surface area contributed by atoms with Gasteiger partial charge < -0.3 is 28.4 Å². The maximum atomic E-state index is 6.57. The van der Waals surface area contributed by atoms with Crippen molar-refractivity contribution in [3.8, 4) is 22.6 Å². The van der Waals surface area contributed by atoms with Crippen LogP contribution >= 0.6 is 0 Å². The summed E-state index contributed by atoms with van der Waals surface area (Å²) in [5.41, 5.74) is 6.73. The van der Waals surface area contributed by atoms with Gasteiger partial charge in [0.25, 0.3) is 0 Å². The second-order valence-corrected chi connectivity index (χ2v) is 16.6. The largest absolute Gasteiger partial charge is 0.491 e. The minimum atomic E-state index is -0.123. The zero-order valence-corrected chi connectivity index (χ0v) is 29.6. The van der Waals surface area contributed by atoms with Gasteiger partial charge in [0.15, 0.2) is 0 Å². The van der Waals surface area contributed by atoms with E-state index in [1.54, 1.807) is 0 Å². The lowest BCUT2D eigenvalue weighted by Crippen LogP contribution is -2.22. The van der Waals surface area contributed by atoms with Crippen molar-refractivity contribution < 1.29 is 28.4 Å². The Morgan fingerprint density at radius 3 is 1.00 bits per heavy atom. The highest BCUT2D eigenvalue weighted by Gasteiger charge is 2.32. The average molecular weight is 611 g/mol. The fraction of sp³-hybridized carbons (Fsp3) is 0.684. The van der Waals surface area contributed by atoms with Gasteiger partial charge in [0.2, 0.25) is 0 Å². The second-order valence-electron chi connectivity index (χ2n) is 16.6. The summed E-state index contributed by atoms with van der Waals surface area (Å²) in [6.07, 6.45) is 0.515. The molecule has 2 saturated heterocycles. The Kier molecular flexibility index (Phi) is 10.5. The van der Waals surface area contributed by atoms with Gasteiger partial charge in [-0.3, -0.25) is 0 Å². The van der Waals surface area contributed by atoms with Crippen molar-refractivity contribution in [3.05, 3.63) is 46.5 Å². The number of benzene rings is 2. The van der Waals surface area contributed by atoms with E-state index in [-0.39, 0.29) is 33.9 Å². The average Bonchev–Trinajstić information content (AvgIpc) is 3.81. The van der Waals surface area contributed by atoms with Crippen LogP contribution in [0.15, 0.2) is 24.3 Å². The molecule has 2 fully saturated rings. The molecule has 2 heterocycles. The van der Waals surface area contributed by atoms with Crippen LogP contribution in [0.1, 0.15) is 105 Å². The van der Waals surface area contributed by atoms with E-state index in [2.05, 4.69) is 107 Å². The van der Waals surface area contributed by atoms with E-state index in [1.165, 1.54) is 33.4 Å². The predicted octanol–water partition coefficient (Wildman–Crippen LogP) is 8.13. The van der Waals surface area contributed by atoms with E-state index >= 15 is 0 Å². The topological polar surface area (TPSA) is 62.0 Å². The predicted molar refractivity (Wildman–Crippen MR) is 179 cm³/mol. The minimum Gasteiger partial charge on any atom is -0.491 e. The molecule has 2 aliphatic heterocycles. The first-order valence-electron chi connectivity index (χ1n) is 16.4. The maximum Gasteiger partial charge on any atom is 0.126 e. The molecule has 2 aliphatic rings. The highest BCUT2D eigenvalue weighted by molar-refractivity contribution is 5.73. The number of hydrogen-bond acceptors (Lipinski definition) is 6. The Labute approximate surface area is 267 Å². The van der Waals surface area contributed by atoms with Gasteiger partial charge in [0.1, 0.15) is 36.9 Å². The zero-order chi connectivity index (χ0) is 32.5. The molecule has 0 amide bonds. The normalized spacial score (nSPS) is 18.8. The Morgan fingerprint density at radius 2 is 0.773 bits per heavy atom. The maximum absolute atomic E-state index is 6.57. The Bertz CT molecular complexity index is 1090. The lowest BCUT2D eigenvalue weighted by Gasteiger charge is -2.32. The van der Waals surface area contributed by atoms with Crippen LogP contribution in [0.2, 0.25) is 0 Å². The zero-order valence-electron chi connectivity index (χ0n) is 29.6. The lowest BCUT2D eigenvalue weighted by atomic mass is 9.75. The Balaban J connectivity index is 1.76. The van der Waals surface area contributed by atoms with E-state index in [0.717, 1.165) is 24.7 Å². The lowest BCUT2D eigenvalue weighted by molar-refractivity contribution is 0.0867. The smallest absolute Gasteiger partial charge is 0.126 e. The van der Waals surface area contributed by atoms with Crippen LogP contribution < -0.4 is 9.47 Å². The van der Waals surface area contributed by atoms with Gasteiger partial charge >= 0.3 is 0 Å². The van der Waals surface area contributed by atoms with Crippen molar-refractivity contribution in [2.45, 2.75) is 117 Å². The molecule has 6 nitrogen and oxygen atoms in total. The number of epoxide rings is 2. The van der Waals surface area contributed by atoms with E-state index in [9.17, 15) is 0 Å². The summed E-state index contributed by atoms with van der Waals surface area (Å²) < 4.78 is 35.3. The summed E-state index contributed by atoms with van der Waals surface area (Å²) in [4.78, 5) is 0. The monoisotopic (exact) mass is 610 g/mol. The van der Waals surface area contributed by atoms with Crippen LogP contribution in [0.5, 0.6) is 11.5 Å². The first-order valence-corrected chi connectivity index (χ1v) is 16.4. The molecule has 0 aliphatic carbocycles. The molecule has 0 saturated carbocycles. The molecular weight excluding hydrogens is 552 g/mol. The van der Waals surface area contributed by atoms with Crippen LogP contribution in [0.3, 0.4) is 0 Å². The van der Waals surface area contributed by atoms with Gasteiger partial charge in [-0.15, -0.1) is 0 Å². The third-order valence-corrected chi connectivity index (χ3v) is 8.10. The quantitative estimate of drug-likeness (QED) is 0.169. The van der Waals surface area contributed by atoms with Gasteiger partial charge in [0.05, 0.1) is 39.6 Å². The molecule has 246 valence electrons. The van der Waals surface area contributed by atoms with E-state index in [4.69, 9.17) is 28.4 Å². The van der Waals surface area contributed by atoms with Crippen molar-refractivity contribution in [3.63, 3.8) is 0 Å². The molecule has 0 aromatic heterocycles. The van der Waals surface area contributed by atoms with Crippen molar-refractivity contribution in [2.75, 3.05) is 52.9 Å². The Morgan fingerprint density at radius 1 is 0.500 bits per heavy atom. The first-order chi connectivity index (χ1) is 20.4. The number of ether oxygens (including phenoxy) is 6. The van der Waals surface area contributed by atoms with Crippen LogP contribution in [-0.4, -0.2) is 65.1 Å². The summed E-state index contributed by atoms with van der Waals surface area (Å²) >= 11 is 0.